The van der Waals surface area contributed by atoms with Crippen molar-refractivity contribution in [2.75, 3.05) is 26.2 Å². The first-order valence-corrected chi connectivity index (χ1v) is 8.91. The highest BCUT2D eigenvalue weighted by molar-refractivity contribution is 5.78. The van der Waals surface area contributed by atoms with E-state index < -0.39 is 6.10 Å². The lowest BCUT2D eigenvalue weighted by Crippen LogP contribution is -2.51. The molecule has 6 nitrogen and oxygen atoms in total. The molecule has 1 N–H and O–H groups in total. The fourth-order valence-electron chi connectivity index (χ4n) is 3.88. The van der Waals surface area contributed by atoms with Crippen molar-refractivity contribution < 1.29 is 19.1 Å². The van der Waals surface area contributed by atoms with Gasteiger partial charge in [0.15, 0.2) is 0 Å². The SMILES string of the molecule is CC1CN(C(=O)CN2CCCC2CC(O)c2ccco2)CC(C)O1. The first-order valence-electron chi connectivity index (χ1n) is 8.91. The number of furan rings is 1. The summed E-state index contributed by atoms with van der Waals surface area (Å²) in [6, 6.07) is 3.81. The van der Waals surface area contributed by atoms with Gasteiger partial charge in [-0.1, -0.05) is 0 Å². The Morgan fingerprint density at radius 3 is 2.79 bits per heavy atom. The Balaban J connectivity index is 1.54. The van der Waals surface area contributed by atoms with Crippen LogP contribution in [0.25, 0.3) is 0 Å². The molecule has 6 heteroatoms. The van der Waals surface area contributed by atoms with Crippen molar-refractivity contribution in [2.24, 2.45) is 0 Å². The quantitative estimate of drug-likeness (QED) is 0.888. The Bertz CT molecular complexity index is 523. The van der Waals surface area contributed by atoms with Gasteiger partial charge in [-0.15, -0.1) is 0 Å². The summed E-state index contributed by atoms with van der Waals surface area (Å²) >= 11 is 0. The van der Waals surface area contributed by atoms with E-state index in [9.17, 15) is 9.90 Å². The number of likely N-dealkylation sites (tertiary alicyclic amines) is 1. The van der Waals surface area contributed by atoms with Crippen LogP contribution in [0.3, 0.4) is 0 Å². The van der Waals surface area contributed by atoms with Crippen LogP contribution in [0.5, 0.6) is 0 Å². The van der Waals surface area contributed by atoms with E-state index in [2.05, 4.69) is 4.90 Å². The zero-order chi connectivity index (χ0) is 17.1. The minimum absolute atomic E-state index is 0.0906. The standard InChI is InChI=1S/C18H28N2O4/c1-13-10-20(11-14(2)24-13)18(22)12-19-7-3-5-15(19)9-16(21)17-6-4-8-23-17/h4,6,8,13-16,21H,3,5,7,9-12H2,1-2H3. The normalized spacial score (nSPS) is 29.8. The van der Waals surface area contributed by atoms with E-state index in [0.29, 0.717) is 31.8 Å². The third-order valence-corrected chi connectivity index (χ3v) is 4.98. The van der Waals surface area contributed by atoms with Gasteiger partial charge >= 0.3 is 0 Å². The fraction of sp³-hybridized carbons (Fsp3) is 0.722. The van der Waals surface area contributed by atoms with E-state index in [-0.39, 0.29) is 24.2 Å². The second kappa shape index (κ2) is 7.68. The number of ether oxygens (including phenoxy) is 1. The molecule has 1 aromatic heterocycles. The summed E-state index contributed by atoms with van der Waals surface area (Å²) in [7, 11) is 0. The van der Waals surface area contributed by atoms with Crippen molar-refractivity contribution in [3.63, 3.8) is 0 Å². The summed E-state index contributed by atoms with van der Waals surface area (Å²) < 4.78 is 11.0. The lowest BCUT2D eigenvalue weighted by atomic mass is 10.1. The Hall–Kier alpha value is -1.37. The minimum Gasteiger partial charge on any atom is -0.467 e. The van der Waals surface area contributed by atoms with Crippen LogP contribution in [0.1, 0.15) is 45.0 Å². The van der Waals surface area contributed by atoms with Crippen LogP contribution in [0.15, 0.2) is 22.8 Å². The molecule has 3 rings (SSSR count). The molecule has 24 heavy (non-hydrogen) atoms. The van der Waals surface area contributed by atoms with E-state index in [1.807, 2.05) is 18.7 Å². The Morgan fingerprint density at radius 1 is 1.38 bits per heavy atom. The van der Waals surface area contributed by atoms with Crippen molar-refractivity contribution in [3.05, 3.63) is 24.2 Å². The molecule has 0 aromatic carbocycles. The second-order valence-corrected chi connectivity index (χ2v) is 7.09. The van der Waals surface area contributed by atoms with Crippen LogP contribution < -0.4 is 0 Å². The monoisotopic (exact) mass is 336 g/mol. The van der Waals surface area contributed by atoms with Crippen LogP contribution in [-0.2, 0) is 9.53 Å². The van der Waals surface area contributed by atoms with Gasteiger partial charge in [0.05, 0.1) is 25.0 Å². The first kappa shape index (κ1) is 17.5. The largest absolute Gasteiger partial charge is 0.467 e. The van der Waals surface area contributed by atoms with Gasteiger partial charge in [-0.3, -0.25) is 9.69 Å². The molecule has 0 bridgehead atoms. The molecule has 0 radical (unpaired) electrons. The number of hydrogen-bond acceptors (Lipinski definition) is 5. The van der Waals surface area contributed by atoms with E-state index in [1.54, 1.807) is 18.4 Å². The van der Waals surface area contributed by atoms with Crippen LogP contribution in [0, 0.1) is 0 Å². The van der Waals surface area contributed by atoms with Crippen LogP contribution >= 0.6 is 0 Å². The maximum atomic E-state index is 12.7. The molecule has 0 aliphatic carbocycles. The second-order valence-electron chi connectivity index (χ2n) is 7.09. The molecule has 134 valence electrons. The van der Waals surface area contributed by atoms with Gasteiger partial charge in [-0.05, 0) is 51.8 Å². The summed E-state index contributed by atoms with van der Waals surface area (Å²) in [5.41, 5.74) is 0. The zero-order valence-corrected chi connectivity index (χ0v) is 14.6. The highest BCUT2D eigenvalue weighted by Gasteiger charge is 2.32. The minimum atomic E-state index is -0.607. The fourth-order valence-corrected chi connectivity index (χ4v) is 3.88. The van der Waals surface area contributed by atoms with Gasteiger partial charge < -0.3 is 19.2 Å². The Kier molecular flexibility index (Phi) is 5.58. The highest BCUT2D eigenvalue weighted by atomic mass is 16.5. The van der Waals surface area contributed by atoms with Crippen molar-refractivity contribution >= 4 is 5.91 Å². The number of morpholine rings is 1. The topological polar surface area (TPSA) is 66.2 Å². The molecular weight excluding hydrogens is 308 g/mol. The summed E-state index contributed by atoms with van der Waals surface area (Å²) in [5, 5.41) is 10.3. The number of aliphatic hydroxyl groups excluding tert-OH is 1. The van der Waals surface area contributed by atoms with Crippen molar-refractivity contribution in [2.45, 2.75) is 57.5 Å². The van der Waals surface area contributed by atoms with Gasteiger partial charge in [0.2, 0.25) is 5.91 Å². The molecule has 2 aliphatic rings. The third kappa shape index (κ3) is 4.18. The van der Waals surface area contributed by atoms with Gasteiger partial charge in [0, 0.05) is 19.1 Å². The average molecular weight is 336 g/mol. The van der Waals surface area contributed by atoms with E-state index >= 15 is 0 Å². The summed E-state index contributed by atoms with van der Waals surface area (Å²) in [4.78, 5) is 16.8. The Morgan fingerprint density at radius 2 is 2.12 bits per heavy atom. The number of amides is 1. The predicted octanol–water partition coefficient (Wildman–Crippen LogP) is 1.80. The maximum Gasteiger partial charge on any atom is 0.236 e. The van der Waals surface area contributed by atoms with E-state index in [4.69, 9.17) is 9.15 Å². The van der Waals surface area contributed by atoms with Crippen LogP contribution in [0.2, 0.25) is 0 Å². The molecule has 1 aromatic rings. The summed E-state index contributed by atoms with van der Waals surface area (Å²) in [6.07, 6.45) is 3.84. The number of rotatable bonds is 5. The molecule has 3 heterocycles. The highest BCUT2D eigenvalue weighted by Crippen LogP contribution is 2.27. The number of carbonyl (C=O) groups excluding carboxylic acids is 1. The molecule has 4 unspecified atom stereocenters. The van der Waals surface area contributed by atoms with Crippen LogP contribution in [0.4, 0.5) is 0 Å². The van der Waals surface area contributed by atoms with Gasteiger partial charge in [0.1, 0.15) is 11.9 Å². The lowest BCUT2D eigenvalue weighted by molar-refractivity contribution is -0.144. The summed E-state index contributed by atoms with van der Waals surface area (Å²) in [5.74, 6) is 0.764. The molecule has 2 saturated heterocycles. The molecular formula is C18H28N2O4. The number of hydrogen-bond donors (Lipinski definition) is 1. The molecule has 4 atom stereocenters. The van der Waals surface area contributed by atoms with Gasteiger partial charge in [-0.2, -0.15) is 0 Å². The molecule has 2 fully saturated rings. The lowest BCUT2D eigenvalue weighted by Gasteiger charge is -2.36. The van der Waals surface area contributed by atoms with Crippen molar-refractivity contribution in [1.82, 2.24) is 9.80 Å². The predicted molar refractivity (Wildman–Crippen MR) is 89.5 cm³/mol. The zero-order valence-electron chi connectivity index (χ0n) is 14.6. The third-order valence-electron chi connectivity index (χ3n) is 4.98. The molecule has 0 spiro atoms. The molecule has 0 saturated carbocycles. The van der Waals surface area contributed by atoms with Crippen molar-refractivity contribution in [3.8, 4) is 0 Å². The van der Waals surface area contributed by atoms with Gasteiger partial charge in [-0.25, -0.2) is 0 Å². The first-order chi connectivity index (χ1) is 11.5. The van der Waals surface area contributed by atoms with E-state index in [0.717, 1.165) is 19.4 Å². The summed E-state index contributed by atoms with van der Waals surface area (Å²) in [6.45, 7) is 6.68. The number of carbonyl (C=O) groups is 1. The van der Waals surface area contributed by atoms with Gasteiger partial charge in [0.25, 0.3) is 0 Å². The smallest absolute Gasteiger partial charge is 0.236 e. The molecule has 1 amide bonds. The maximum absolute atomic E-state index is 12.7. The molecule has 2 aliphatic heterocycles. The Labute approximate surface area is 143 Å². The van der Waals surface area contributed by atoms with Crippen LogP contribution in [-0.4, -0.2) is 65.2 Å². The number of nitrogens with zero attached hydrogens (tertiary/aromatic N) is 2. The van der Waals surface area contributed by atoms with E-state index in [1.165, 1.54) is 0 Å². The number of aliphatic hydroxyl groups is 1. The van der Waals surface area contributed by atoms with Crippen molar-refractivity contribution in [1.29, 1.82) is 0 Å². The average Bonchev–Trinajstić information content (AvgIpc) is 3.18.